The van der Waals surface area contributed by atoms with Crippen molar-refractivity contribution in [3.05, 3.63) is 0 Å². The first kappa shape index (κ1) is 18.3. The first-order valence-electron chi connectivity index (χ1n) is 6.69. The predicted octanol–water partition coefficient (Wildman–Crippen LogP) is 1.30. The topological polar surface area (TPSA) is 86.7 Å². The van der Waals surface area contributed by atoms with Crippen molar-refractivity contribution in [1.82, 2.24) is 9.03 Å². The van der Waals surface area contributed by atoms with Gasteiger partial charge in [-0.25, -0.2) is 4.72 Å². The van der Waals surface area contributed by atoms with E-state index in [4.69, 9.17) is 5.11 Å². The smallest absolute Gasteiger partial charge is 0.303 e. The summed E-state index contributed by atoms with van der Waals surface area (Å²) in [5.74, 6) is -0.738. The Morgan fingerprint density at radius 3 is 2.16 bits per heavy atom. The van der Waals surface area contributed by atoms with E-state index < -0.39 is 16.2 Å². The normalized spacial score (nSPS) is 14.0. The van der Waals surface area contributed by atoms with E-state index in [1.807, 2.05) is 13.8 Å². The maximum absolute atomic E-state index is 11.9. The first-order valence-corrected chi connectivity index (χ1v) is 8.13. The maximum atomic E-state index is 11.9. The summed E-state index contributed by atoms with van der Waals surface area (Å²) in [7, 11) is -3.50. The van der Waals surface area contributed by atoms with Gasteiger partial charge in [-0.2, -0.15) is 12.7 Å². The highest BCUT2D eigenvalue weighted by atomic mass is 32.2. The quantitative estimate of drug-likeness (QED) is 0.636. The molecule has 2 N–H and O–H groups in total. The number of hydrogen-bond donors (Lipinski definition) is 2. The Labute approximate surface area is 116 Å². The van der Waals surface area contributed by atoms with Crippen LogP contribution in [0.2, 0.25) is 0 Å². The van der Waals surface area contributed by atoms with E-state index in [1.54, 1.807) is 13.8 Å². The molecule has 0 aliphatic rings. The lowest BCUT2D eigenvalue weighted by Gasteiger charge is -2.22. The lowest BCUT2D eigenvalue weighted by atomic mass is 9.94. The molecule has 1 atom stereocenters. The molecule has 0 heterocycles. The van der Waals surface area contributed by atoms with Crippen LogP contribution in [0.3, 0.4) is 0 Å². The minimum absolute atomic E-state index is 0.0149. The van der Waals surface area contributed by atoms with E-state index in [0.717, 1.165) is 0 Å². The van der Waals surface area contributed by atoms with E-state index in [1.165, 1.54) is 4.31 Å². The molecule has 0 aliphatic carbocycles. The number of carbonyl (C=O) groups is 1. The molecule has 6 nitrogen and oxygen atoms in total. The second kappa shape index (κ2) is 8.50. The third kappa shape index (κ3) is 7.49. The van der Waals surface area contributed by atoms with Crippen LogP contribution in [0.4, 0.5) is 0 Å². The largest absolute Gasteiger partial charge is 0.481 e. The molecular formula is C12H26N2O4S. The van der Waals surface area contributed by atoms with Gasteiger partial charge < -0.3 is 5.11 Å². The zero-order valence-electron chi connectivity index (χ0n) is 12.2. The van der Waals surface area contributed by atoms with Gasteiger partial charge in [-0.05, 0) is 18.3 Å². The van der Waals surface area contributed by atoms with E-state index in [-0.39, 0.29) is 18.9 Å². The standard InChI is InChI=1S/C12H26N2O4S/c1-5-14(6-2)19(17,18)13-9-11(7-10(3)4)8-12(15)16/h10-11,13H,5-9H2,1-4H3,(H,15,16). The van der Waals surface area contributed by atoms with Gasteiger partial charge in [0.05, 0.1) is 0 Å². The summed E-state index contributed by atoms with van der Waals surface area (Å²) in [5.41, 5.74) is 0. The van der Waals surface area contributed by atoms with Gasteiger partial charge in [-0.15, -0.1) is 0 Å². The summed E-state index contributed by atoms with van der Waals surface area (Å²) in [6.07, 6.45) is 0.673. The fourth-order valence-corrected chi connectivity index (χ4v) is 3.34. The Balaban J connectivity index is 4.56. The van der Waals surface area contributed by atoms with E-state index in [2.05, 4.69) is 4.72 Å². The highest BCUT2D eigenvalue weighted by Gasteiger charge is 2.21. The first-order chi connectivity index (χ1) is 8.72. The number of aliphatic carboxylic acids is 1. The Hall–Kier alpha value is -0.660. The molecule has 114 valence electrons. The zero-order valence-corrected chi connectivity index (χ0v) is 13.0. The Morgan fingerprint density at radius 1 is 1.26 bits per heavy atom. The molecule has 0 bridgehead atoms. The molecular weight excluding hydrogens is 268 g/mol. The number of hydrogen-bond acceptors (Lipinski definition) is 3. The molecule has 0 amide bonds. The fraction of sp³-hybridized carbons (Fsp3) is 0.917. The molecule has 1 unspecified atom stereocenters. The maximum Gasteiger partial charge on any atom is 0.303 e. The van der Waals surface area contributed by atoms with Crippen LogP contribution in [-0.2, 0) is 15.0 Å². The highest BCUT2D eigenvalue weighted by Crippen LogP contribution is 2.15. The fourth-order valence-electron chi connectivity index (χ4n) is 2.03. The number of nitrogens with one attached hydrogen (secondary N) is 1. The van der Waals surface area contributed by atoms with Crippen LogP contribution < -0.4 is 4.72 Å². The SMILES string of the molecule is CCN(CC)S(=O)(=O)NCC(CC(=O)O)CC(C)C. The molecule has 0 saturated carbocycles. The summed E-state index contributed by atoms with van der Waals surface area (Å²) in [6, 6.07) is 0. The molecule has 19 heavy (non-hydrogen) atoms. The van der Waals surface area contributed by atoms with Crippen LogP contribution in [0.25, 0.3) is 0 Å². The van der Waals surface area contributed by atoms with Crippen molar-refractivity contribution in [3.8, 4) is 0 Å². The van der Waals surface area contributed by atoms with Crippen LogP contribution in [0.5, 0.6) is 0 Å². The summed E-state index contributed by atoms with van der Waals surface area (Å²) < 4.78 is 27.7. The molecule has 0 saturated heterocycles. The summed E-state index contributed by atoms with van der Waals surface area (Å²) in [4.78, 5) is 10.8. The van der Waals surface area contributed by atoms with Crippen molar-refractivity contribution in [2.75, 3.05) is 19.6 Å². The molecule has 0 aromatic heterocycles. The molecule has 0 aromatic carbocycles. The van der Waals surface area contributed by atoms with E-state index in [9.17, 15) is 13.2 Å². The minimum Gasteiger partial charge on any atom is -0.481 e. The van der Waals surface area contributed by atoms with Gasteiger partial charge in [0.15, 0.2) is 0 Å². The van der Waals surface area contributed by atoms with E-state index >= 15 is 0 Å². The molecule has 0 rings (SSSR count). The van der Waals surface area contributed by atoms with Crippen molar-refractivity contribution in [2.45, 2.75) is 40.5 Å². The summed E-state index contributed by atoms with van der Waals surface area (Å²) in [6.45, 7) is 8.50. The molecule has 0 fully saturated rings. The number of carboxylic acid groups (broad SMARTS) is 1. The van der Waals surface area contributed by atoms with Gasteiger partial charge in [0.25, 0.3) is 10.2 Å². The molecule has 0 spiro atoms. The predicted molar refractivity (Wildman–Crippen MR) is 75.0 cm³/mol. The number of nitrogens with zero attached hydrogens (tertiary/aromatic N) is 1. The Bertz CT molecular complexity index is 364. The second-order valence-electron chi connectivity index (χ2n) is 5.03. The molecule has 0 aromatic rings. The number of rotatable bonds is 10. The molecule has 0 radical (unpaired) electrons. The average molecular weight is 294 g/mol. The van der Waals surface area contributed by atoms with E-state index in [0.29, 0.717) is 25.4 Å². The van der Waals surface area contributed by atoms with Gasteiger partial charge in [-0.1, -0.05) is 27.7 Å². The van der Waals surface area contributed by atoms with Gasteiger partial charge in [0.2, 0.25) is 0 Å². The van der Waals surface area contributed by atoms with Crippen LogP contribution in [0.1, 0.15) is 40.5 Å². The highest BCUT2D eigenvalue weighted by molar-refractivity contribution is 7.87. The minimum atomic E-state index is -3.50. The average Bonchev–Trinajstić information content (AvgIpc) is 2.26. The van der Waals surface area contributed by atoms with Gasteiger partial charge in [0.1, 0.15) is 0 Å². The summed E-state index contributed by atoms with van der Waals surface area (Å²) in [5, 5.41) is 8.84. The van der Waals surface area contributed by atoms with Crippen molar-refractivity contribution in [3.63, 3.8) is 0 Å². The van der Waals surface area contributed by atoms with Crippen molar-refractivity contribution < 1.29 is 18.3 Å². The second-order valence-corrected chi connectivity index (χ2v) is 6.79. The lowest BCUT2D eigenvalue weighted by Crippen LogP contribution is -2.42. The van der Waals surface area contributed by atoms with Crippen molar-refractivity contribution in [2.24, 2.45) is 11.8 Å². The third-order valence-corrected chi connectivity index (χ3v) is 4.60. The summed E-state index contributed by atoms with van der Waals surface area (Å²) >= 11 is 0. The Morgan fingerprint density at radius 2 is 1.79 bits per heavy atom. The Kier molecular flexibility index (Phi) is 8.20. The van der Waals surface area contributed by atoms with Crippen molar-refractivity contribution >= 4 is 16.2 Å². The van der Waals surface area contributed by atoms with Crippen LogP contribution in [0, 0.1) is 11.8 Å². The lowest BCUT2D eigenvalue weighted by molar-refractivity contribution is -0.138. The van der Waals surface area contributed by atoms with Gasteiger partial charge in [-0.3, -0.25) is 4.79 Å². The molecule has 0 aliphatic heterocycles. The van der Waals surface area contributed by atoms with Crippen LogP contribution in [-0.4, -0.2) is 43.4 Å². The van der Waals surface area contributed by atoms with Gasteiger partial charge >= 0.3 is 5.97 Å². The van der Waals surface area contributed by atoms with Crippen LogP contribution in [0.15, 0.2) is 0 Å². The zero-order chi connectivity index (χ0) is 15.1. The molecule has 7 heteroatoms. The van der Waals surface area contributed by atoms with Crippen molar-refractivity contribution in [1.29, 1.82) is 0 Å². The third-order valence-electron chi connectivity index (χ3n) is 2.87. The number of carboxylic acids is 1. The monoisotopic (exact) mass is 294 g/mol. The van der Waals surface area contributed by atoms with Crippen LogP contribution >= 0.6 is 0 Å². The van der Waals surface area contributed by atoms with Gasteiger partial charge in [0, 0.05) is 26.1 Å².